The molecule has 0 aromatic heterocycles. The lowest BCUT2D eigenvalue weighted by atomic mass is 10.2. The highest BCUT2D eigenvalue weighted by Gasteiger charge is 2.10. The van der Waals surface area contributed by atoms with Gasteiger partial charge in [-0.05, 0) is 23.8 Å². The van der Waals surface area contributed by atoms with Crippen LogP contribution in [0.25, 0.3) is 0 Å². The second-order valence-electron chi connectivity index (χ2n) is 6.33. The molecule has 0 fully saturated rings. The molecule has 0 bridgehead atoms. The van der Waals surface area contributed by atoms with Gasteiger partial charge >= 0.3 is 5.97 Å². The fraction of sp³-hybridized carbons (Fsp3) is 0.318. The van der Waals surface area contributed by atoms with Crippen molar-refractivity contribution in [3.8, 4) is 0 Å². The molecule has 2 aromatic rings. The number of hydrogen-bond donors (Lipinski definition) is 2. The Morgan fingerprint density at radius 2 is 1.72 bits per heavy atom. The first kappa shape index (κ1) is 22.1. The minimum absolute atomic E-state index is 0.00217. The Balaban J connectivity index is 1.71. The highest BCUT2D eigenvalue weighted by molar-refractivity contribution is 5.97. The summed E-state index contributed by atoms with van der Waals surface area (Å²) >= 11 is 0. The van der Waals surface area contributed by atoms with Crippen molar-refractivity contribution in [3.05, 3.63) is 65.7 Å². The minimum Gasteiger partial charge on any atom is -0.465 e. The predicted molar refractivity (Wildman–Crippen MR) is 110 cm³/mol. The van der Waals surface area contributed by atoms with E-state index >= 15 is 0 Å². The summed E-state index contributed by atoms with van der Waals surface area (Å²) in [4.78, 5) is 35.9. The van der Waals surface area contributed by atoms with Crippen molar-refractivity contribution in [1.82, 2.24) is 5.32 Å². The van der Waals surface area contributed by atoms with Crippen LogP contribution < -0.4 is 10.6 Å². The number of carbonyl (C=O) groups is 3. The summed E-state index contributed by atoms with van der Waals surface area (Å²) in [5.74, 6) is -0.982. The van der Waals surface area contributed by atoms with Crippen molar-refractivity contribution in [2.45, 2.75) is 19.3 Å². The van der Waals surface area contributed by atoms with Gasteiger partial charge in [0.1, 0.15) is 0 Å². The van der Waals surface area contributed by atoms with E-state index in [4.69, 9.17) is 9.47 Å². The number of methoxy groups -OCH3 is 1. The van der Waals surface area contributed by atoms with Crippen molar-refractivity contribution in [3.63, 3.8) is 0 Å². The molecule has 0 aliphatic carbocycles. The van der Waals surface area contributed by atoms with Crippen LogP contribution in [-0.2, 0) is 25.5 Å². The maximum absolute atomic E-state index is 12.1. The van der Waals surface area contributed by atoms with Gasteiger partial charge in [-0.2, -0.15) is 0 Å². The lowest BCUT2D eigenvalue weighted by molar-refractivity contribution is -0.144. The summed E-state index contributed by atoms with van der Waals surface area (Å²) < 4.78 is 10.0. The number of benzene rings is 2. The van der Waals surface area contributed by atoms with E-state index in [2.05, 4.69) is 10.6 Å². The summed E-state index contributed by atoms with van der Waals surface area (Å²) in [5.41, 5.74) is 2.01. The van der Waals surface area contributed by atoms with Crippen LogP contribution in [-0.4, -0.2) is 44.7 Å². The van der Waals surface area contributed by atoms with E-state index in [1.807, 2.05) is 30.3 Å². The zero-order valence-electron chi connectivity index (χ0n) is 16.5. The molecule has 0 spiro atoms. The molecule has 0 saturated heterocycles. The predicted octanol–water partition coefficient (Wildman–Crippen LogP) is 2.57. The molecule has 154 valence electrons. The third-order valence-electron chi connectivity index (χ3n) is 4.05. The molecule has 0 unspecified atom stereocenters. The molecule has 29 heavy (non-hydrogen) atoms. The van der Waals surface area contributed by atoms with Gasteiger partial charge in [0.2, 0.25) is 5.91 Å². The van der Waals surface area contributed by atoms with Gasteiger partial charge in [0.25, 0.3) is 5.91 Å². The van der Waals surface area contributed by atoms with Gasteiger partial charge in [-0.15, -0.1) is 0 Å². The number of ether oxygens (including phenoxy) is 2. The first-order valence-electron chi connectivity index (χ1n) is 9.45. The fourth-order valence-electron chi connectivity index (χ4n) is 2.55. The molecule has 0 radical (unpaired) electrons. The average Bonchev–Trinajstić information content (AvgIpc) is 2.73. The second kappa shape index (κ2) is 12.3. The summed E-state index contributed by atoms with van der Waals surface area (Å²) in [5, 5.41) is 5.40. The largest absolute Gasteiger partial charge is 0.465 e. The third-order valence-corrected chi connectivity index (χ3v) is 4.05. The van der Waals surface area contributed by atoms with E-state index in [9.17, 15) is 14.4 Å². The van der Waals surface area contributed by atoms with Crippen molar-refractivity contribution in [2.75, 3.05) is 32.2 Å². The maximum Gasteiger partial charge on any atom is 0.306 e. The van der Waals surface area contributed by atoms with E-state index in [-0.39, 0.29) is 31.3 Å². The molecule has 7 heteroatoms. The Labute approximate surface area is 170 Å². The summed E-state index contributed by atoms with van der Waals surface area (Å²) in [6.45, 7) is 1.10. The SMILES string of the molecule is COCCNC(=O)c1cccc(NC(=O)CCC(=O)OCCc2ccccc2)c1. The topological polar surface area (TPSA) is 93.7 Å². The normalized spacial score (nSPS) is 10.2. The monoisotopic (exact) mass is 398 g/mol. The quantitative estimate of drug-likeness (QED) is 0.448. The molecule has 0 aliphatic rings. The van der Waals surface area contributed by atoms with Crippen molar-refractivity contribution >= 4 is 23.5 Å². The van der Waals surface area contributed by atoms with Gasteiger partial charge in [0.05, 0.1) is 19.6 Å². The van der Waals surface area contributed by atoms with Gasteiger partial charge in [-0.25, -0.2) is 0 Å². The van der Waals surface area contributed by atoms with Crippen LogP contribution in [0.5, 0.6) is 0 Å². The molecule has 0 saturated carbocycles. The van der Waals surface area contributed by atoms with Crippen LogP contribution in [0, 0.1) is 0 Å². The molecular weight excluding hydrogens is 372 g/mol. The average molecular weight is 398 g/mol. The van der Waals surface area contributed by atoms with Gasteiger partial charge in [0, 0.05) is 37.7 Å². The van der Waals surface area contributed by atoms with E-state index < -0.39 is 5.97 Å². The van der Waals surface area contributed by atoms with E-state index in [1.54, 1.807) is 31.4 Å². The molecule has 2 N–H and O–H groups in total. The summed E-state index contributed by atoms with van der Waals surface area (Å²) in [6, 6.07) is 16.3. The number of carbonyl (C=O) groups excluding carboxylic acids is 3. The van der Waals surface area contributed by atoms with Gasteiger partial charge < -0.3 is 20.1 Å². The van der Waals surface area contributed by atoms with Crippen molar-refractivity contribution in [1.29, 1.82) is 0 Å². The van der Waals surface area contributed by atoms with Crippen molar-refractivity contribution < 1.29 is 23.9 Å². The van der Waals surface area contributed by atoms with Crippen molar-refractivity contribution in [2.24, 2.45) is 0 Å². The highest BCUT2D eigenvalue weighted by Crippen LogP contribution is 2.11. The molecular formula is C22H26N2O5. The van der Waals surface area contributed by atoms with E-state index in [1.165, 1.54) is 0 Å². The Morgan fingerprint density at radius 3 is 2.48 bits per heavy atom. The molecule has 7 nitrogen and oxygen atoms in total. The van der Waals surface area contributed by atoms with Crippen LogP contribution in [0.1, 0.15) is 28.8 Å². The van der Waals surface area contributed by atoms with Crippen LogP contribution >= 0.6 is 0 Å². The van der Waals surface area contributed by atoms with Crippen LogP contribution in [0.15, 0.2) is 54.6 Å². The van der Waals surface area contributed by atoms with Crippen LogP contribution in [0.3, 0.4) is 0 Å². The molecule has 2 aromatic carbocycles. The second-order valence-corrected chi connectivity index (χ2v) is 6.33. The fourth-order valence-corrected chi connectivity index (χ4v) is 2.55. The molecule has 2 rings (SSSR count). The Hall–Kier alpha value is -3.19. The summed E-state index contributed by atoms with van der Waals surface area (Å²) in [7, 11) is 1.56. The number of amides is 2. The number of hydrogen-bond acceptors (Lipinski definition) is 5. The lowest BCUT2D eigenvalue weighted by Gasteiger charge is -2.08. The number of anilines is 1. The zero-order valence-corrected chi connectivity index (χ0v) is 16.5. The molecule has 0 aliphatic heterocycles. The van der Waals surface area contributed by atoms with Gasteiger partial charge in [-0.3, -0.25) is 14.4 Å². The van der Waals surface area contributed by atoms with E-state index in [0.717, 1.165) is 5.56 Å². The number of rotatable bonds is 11. The third kappa shape index (κ3) is 8.57. The van der Waals surface area contributed by atoms with Gasteiger partial charge in [-0.1, -0.05) is 36.4 Å². The standard InChI is InChI=1S/C22H26N2O5/c1-28-15-13-23-22(27)18-8-5-9-19(16-18)24-20(25)10-11-21(26)29-14-12-17-6-3-2-4-7-17/h2-9,16H,10-15H2,1H3,(H,23,27)(H,24,25). The molecule has 2 amide bonds. The lowest BCUT2D eigenvalue weighted by Crippen LogP contribution is -2.27. The number of esters is 1. The van der Waals surface area contributed by atoms with Crippen LogP contribution in [0.2, 0.25) is 0 Å². The smallest absolute Gasteiger partial charge is 0.306 e. The first-order chi connectivity index (χ1) is 14.1. The van der Waals surface area contributed by atoms with Gasteiger partial charge in [0.15, 0.2) is 0 Å². The summed E-state index contributed by atoms with van der Waals surface area (Å²) in [6.07, 6.45) is 0.643. The minimum atomic E-state index is -0.414. The number of nitrogens with one attached hydrogen (secondary N) is 2. The molecule has 0 atom stereocenters. The van der Waals surface area contributed by atoms with Crippen LogP contribution in [0.4, 0.5) is 5.69 Å². The Kier molecular flexibility index (Phi) is 9.38. The molecule has 0 heterocycles. The Morgan fingerprint density at radius 1 is 0.931 bits per heavy atom. The first-order valence-corrected chi connectivity index (χ1v) is 9.45. The van der Waals surface area contributed by atoms with E-state index in [0.29, 0.717) is 30.8 Å². The zero-order chi connectivity index (χ0) is 20.9. The Bertz CT molecular complexity index is 808. The maximum atomic E-state index is 12.1. The highest BCUT2D eigenvalue weighted by atomic mass is 16.5.